The molecule has 0 saturated heterocycles. The molecule has 2 heterocycles. The SMILES string of the molecule is CCOC(=O)c1c(O)c2cc(F)cnc2n(C)c1=O. The summed E-state index contributed by atoms with van der Waals surface area (Å²) in [6.07, 6.45) is 0.922. The fourth-order valence-electron chi connectivity index (χ4n) is 1.76. The highest BCUT2D eigenvalue weighted by Crippen LogP contribution is 2.25. The Morgan fingerprint density at radius 2 is 2.26 bits per heavy atom. The third-order valence-corrected chi connectivity index (χ3v) is 2.64. The number of fused-ring (bicyclic) bond motifs is 1. The first-order valence-corrected chi connectivity index (χ1v) is 5.51. The Balaban J connectivity index is 2.86. The minimum Gasteiger partial charge on any atom is -0.506 e. The van der Waals surface area contributed by atoms with E-state index in [9.17, 15) is 19.1 Å². The van der Waals surface area contributed by atoms with Gasteiger partial charge in [0.2, 0.25) is 0 Å². The third kappa shape index (κ3) is 2.03. The molecule has 7 heteroatoms. The molecule has 0 atom stereocenters. The van der Waals surface area contributed by atoms with Crippen LogP contribution in [0.1, 0.15) is 17.3 Å². The smallest absolute Gasteiger partial charge is 0.347 e. The monoisotopic (exact) mass is 266 g/mol. The van der Waals surface area contributed by atoms with Gasteiger partial charge >= 0.3 is 5.97 Å². The van der Waals surface area contributed by atoms with Gasteiger partial charge < -0.3 is 9.84 Å². The van der Waals surface area contributed by atoms with Crippen molar-refractivity contribution in [3.63, 3.8) is 0 Å². The number of hydrogen-bond donors (Lipinski definition) is 1. The molecule has 0 saturated carbocycles. The van der Waals surface area contributed by atoms with Gasteiger partial charge in [-0.2, -0.15) is 0 Å². The summed E-state index contributed by atoms with van der Waals surface area (Å²) in [7, 11) is 1.37. The number of aromatic hydroxyl groups is 1. The van der Waals surface area contributed by atoms with Crippen molar-refractivity contribution in [1.82, 2.24) is 9.55 Å². The van der Waals surface area contributed by atoms with E-state index in [-0.39, 0.29) is 17.6 Å². The average Bonchev–Trinajstić information content (AvgIpc) is 2.36. The molecule has 6 nitrogen and oxygen atoms in total. The van der Waals surface area contributed by atoms with E-state index >= 15 is 0 Å². The van der Waals surface area contributed by atoms with E-state index in [0.717, 1.165) is 16.8 Å². The predicted molar refractivity (Wildman–Crippen MR) is 64.6 cm³/mol. The maximum atomic E-state index is 13.2. The molecular formula is C12H11FN2O4. The van der Waals surface area contributed by atoms with E-state index in [1.165, 1.54) is 7.05 Å². The quantitative estimate of drug-likeness (QED) is 0.818. The minimum atomic E-state index is -0.952. The summed E-state index contributed by atoms with van der Waals surface area (Å²) < 4.78 is 18.9. The van der Waals surface area contributed by atoms with Gasteiger partial charge in [-0.15, -0.1) is 0 Å². The molecule has 0 radical (unpaired) electrons. The van der Waals surface area contributed by atoms with E-state index in [1.807, 2.05) is 0 Å². The zero-order chi connectivity index (χ0) is 14.2. The summed E-state index contributed by atoms with van der Waals surface area (Å²) in [5.74, 6) is -2.26. The first kappa shape index (κ1) is 13.0. The summed E-state index contributed by atoms with van der Waals surface area (Å²) in [6, 6.07) is 1.000. The standard InChI is InChI=1S/C12H11FN2O4/c1-3-19-12(18)8-9(16)7-4-6(13)5-14-10(7)15(2)11(8)17/h4-5,16H,3H2,1-2H3. The molecule has 0 bridgehead atoms. The van der Waals surface area contributed by atoms with Crippen LogP contribution in [0.3, 0.4) is 0 Å². The summed E-state index contributed by atoms with van der Waals surface area (Å²) in [5, 5.41) is 9.93. The second-order valence-electron chi connectivity index (χ2n) is 3.83. The Bertz CT molecular complexity index is 724. The molecule has 0 aliphatic carbocycles. The van der Waals surface area contributed by atoms with E-state index in [0.29, 0.717) is 0 Å². The van der Waals surface area contributed by atoms with Crippen LogP contribution in [0.4, 0.5) is 4.39 Å². The van der Waals surface area contributed by atoms with Crippen molar-refractivity contribution >= 4 is 17.0 Å². The first-order chi connectivity index (χ1) is 8.97. The molecule has 100 valence electrons. The van der Waals surface area contributed by atoms with Gasteiger partial charge in [-0.05, 0) is 13.0 Å². The number of ether oxygens (including phenoxy) is 1. The molecule has 2 aromatic rings. The van der Waals surface area contributed by atoms with E-state index in [1.54, 1.807) is 6.92 Å². The van der Waals surface area contributed by atoms with Gasteiger partial charge in [0.25, 0.3) is 5.56 Å². The summed E-state index contributed by atoms with van der Waals surface area (Å²) >= 11 is 0. The molecule has 0 aromatic carbocycles. The van der Waals surface area contributed by atoms with Gasteiger partial charge in [0.15, 0.2) is 5.56 Å². The van der Waals surface area contributed by atoms with Crippen LogP contribution in [0.5, 0.6) is 5.75 Å². The lowest BCUT2D eigenvalue weighted by Crippen LogP contribution is -2.26. The second-order valence-corrected chi connectivity index (χ2v) is 3.83. The van der Waals surface area contributed by atoms with E-state index < -0.39 is 28.7 Å². The number of nitrogens with zero attached hydrogens (tertiary/aromatic N) is 2. The summed E-state index contributed by atoms with van der Waals surface area (Å²) in [5.41, 5.74) is -1.19. The van der Waals surface area contributed by atoms with Crippen molar-refractivity contribution < 1.29 is 19.0 Å². The zero-order valence-electron chi connectivity index (χ0n) is 10.3. The lowest BCUT2D eigenvalue weighted by molar-refractivity contribution is 0.0520. The van der Waals surface area contributed by atoms with Crippen LogP contribution in [0.2, 0.25) is 0 Å². The first-order valence-electron chi connectivity index (χ1n) is 5.51. The average molecular weight is 266 g/mol. The van der Waals surface area contributed by atoms with Gasteiger partial charge in [0.1, 0.15) is 17.2 Å². The van der Waals surface area contributed by atoms with Crippen LogP contribution in [0, 0.1) is 5.82 Å². The molecule has 0 fully saturated rings. The third-order valence-electron chi connectivity index (χ3n) is 2.64. The predicted octanol–water partition coefficient (Wildman–Crippen LogP) is 0.955. The normalized spacial score (nSPS) is 10.7. The zero-order valence-corrected chi connectivity index (χ0v) is 10.3. The Hall–Kier alpha value is -2.44. The number of carbonyl (C=O) groups is 1. The summed E-state index contributed by atoms with van der Waals surface area (Å²) in [6.45, 7) is 1.63. The van der Waals surface area contributed by atoms with Crippen LogP contribution in [0.25, 0.3) is 11.0 Å². The molecule has 19 heavy (non-hydrogen) atoms. The highest BCUT2D eigenvalue weighted by molar-refractivity contribution is 5.98. The van der Waals surface area contributed by atoms with Crippen molar-refractivity contribution in [2.24, 2.45) is 7.05 Å². The number of carbonyl (C=O) groups excluding carboxylic acids is 1. The van der Waals surface area contributed by atoms with Crippen molar-refractivity contribution in [2.75, 3.05) is 6.61 Å². The summed E-state index contributed by atoms with van der Waals surface area (Å²) in [4.78, 5) is 27.4. The lowest BCUT2D eigenvalue weighted by atomic mass is 10.1. The van der Waals surface area contributed by atoms with Gasteiger partial charge in [-0.3, -0.25) is 9.36 Å². The molecule has 0 unspecified atom stereocenters. The fourth-order valence-corrected chi connectivity index (χ4v) is 1.76. The number of aryl methyl sites for hydroxylation is 1. The van der Waals surface area contributed by atoms with E-state index in [4.69, 9.17) is 4.74 Å². The van der Waals surface area contributed by atoms with Crippen molar-refractivity contribution in [3.05, 3.63) is 34.0 Å². The fraction of sp³-hybridized carbons (Fsp3) is 0.250. The molecule has 2 rings (SSSR count). The lowest BCUT2D eigenvalue weighted by Gasteiger charge is -2.10. The molecule has 0 amide bonds. The molecule has 0 aliphatic heterocycles. The van der Waals surface area contributed by atoms with Crippen LogP contribution in [-0.2, 0) is 11.8 Å². The van der Waals surface area contributed by atoms with Gasteiger partial charge in [-0.25, -0.2) is 14.2 Å². The number of esters is 1. The Morgan fingerprint density at radius 1 is 1.58 bits per heavy atom. The van der Waals surface area contributed by atoms with Crippen molar-refractivity contribution in [3.8, 4) is 5.75 Å². The van der Waals surface area contributed by atoms with Gasteiger partial charge in [0.05, 0.1) is 18.2 Å². The van der Waals surface area contributed by atoms with Crippen molar-refractivity contribution in [1.29, 1.82) is 0 Å². The molecule has 2 aromatic heterocycles. The van der Waals surface area contributed by atoms with Crippen LogP contribution in [0.15, 0.2) is 17.1 Å². The number of hydrogen-bond acceptors (Lipinski definition) is 5. The van der Waals surface area contributed by atoms with E-state index in [2.05, 4.69) is 4.98 Å². The van der Waals surface area contributed by atoms with Gasteiger partial charge in [-0.1, -0.05) is 0 Å². The highest BCUT2D eigenvalue weighted by atomic mass is 19.1. The minimum absolute atomic E-state index is 0.0230. The number of aromatic nitrogens is 2. The van der Waals surface area contributed by atoms with Crippen LogP contribution >= 0.6 is 0 Å². The molecule has 0 spiro atoms. The number of rotatable bonds is 2. The molecule has 1 N–H and O–H groups in total. The second kappa shape index (κ2) is 4.68. The molecule has 0 aliphatic rings. The Labute approximate surface area is 107 Å². The van der Waals surface area contributed by atoms with Gasteiger partial charge in [0, 0.05) is 7.05 Å². The Morgan fingerprint density at radius 3 is 2.89 bits per heavy atom. The number of halogens is 1. The topological polar surface area (TPSA) is 81.4 Å². The Kier molecular flexibility index (Phi) is 3.20. The maximum Gasteiger partial charge on any atom is 0.347 e. The van der Waals surface area contributed by atoms with Crippen LogP contribution in [-0.4, -0.2) is 27.2 Å². The van der Waals surface area contributed by atoms with Crippen LogP contribution < -0.4 is 5.56 Å². The maximum absolute atomic E-state index is 13.2. The molecular weight excluding hydrogens is 255 g/mol. The highest BCUT2D eigenvalue weighted by Gasteiger charge is 2.22. The largest absolute Gasteiger partial charge is 0.506 e. The number of pyridine rings is 2. The van der Waals surface area contributed by atoms with Crippen molar-refractivity contribution in [2.45, 2.75) is 6.92 Å².